The molecule has 0 radical (unpaired) electrons. The van der Waals surface area contributed by atoms with Gasteiger partial charge in [-0.15, -0.1) is 11.3 Å². The van der Waals surface area contributed by atoms with Crippen LogP contribution in [0.3, 0.4) is 0 Å². The Morgan fingerprint density at radius 2 is 2.17 bits per heavy atom. The largest absolute Gasteiger partial charge is 0.467 e. The maximum atomic E-state index is 12.1. The van der Waals surface area contributed by atoms with Gasteiger partial charge in [0.05, 0.1) is 35.7 Å². The van der Waals surface area contributed by atoms with E-state index < -0.39 is 17.7 Å². The highest BCUT2D eigenvalue weighted by Crippen LogP contribution is 2.35. The van der Waals surface area contributed by atoms with Crippen molar-refractivity contribution in [1.82, 2.24) is 15.3 Å². The third-order valence-corrected chi connectivity index (χ3v) is 5.70. The molecule has 0 aliphatic carbocycles. The number of amides is 1. The predicted octanol–water partition coefficient (Wildman–Crippen LogP) is 4.29. The number of ether oxygens (including phenoxy) is 1. The lowest BCUT2D eigenvalue weighted by Crippen LogP contribution is -2.42. The molecule has 3 rings (SSSR count). The van der Waals surface area contributed by atoms with Crippen LogP contribution in [0.2, 0.25) is 5.28 Å². The molecule has 0 bridgehead atoms. The summed E-state index contributed by atoms with van der Waals surface area (Å²) >= 11 is 7.63. The van der Waals surface area contributed by atoms with Gasteiger partial charge in [0.1, 0.15) is 17.2 Å². The van der Waals surface area contributed by atoms with Crippen molar-refractivity contribution in [2.45, 2.75) is 52.3 Å². The number of aryl methyl sites for hydroxylation is 1. The van der Waals surface area contributed by atoms with Crippen LogP contribution < -0.4 is 10.6 Å². The fraction of sp³-hybridized carbons (Fsp3) is 0.450. The zero-order chi connectivity index (χ0) is 21.9. The summed E-state index contributed by atoms with van der Waals surface area (Å²) in [5, 5.41) is 15.8. The van der Waals surface area contributed by atoms with Gasteiger partial charge in [-0.05, 0) is 57.0 Å². The molecule has 3 heterocycles. The van der Waals surface area contributed by atoms with E-state index in [0.717, 1.165) is 26.4 Å². The highest BCUT2D eigenvalue weighted by molar-refractivity contribution is 7.19. The standard InChI is InChI=1S/C20H25ClN4O4S/c1-11-14(8-12(10-26)23-19(27)29-20(2,3)4)30-16-15(11)24-18(21)25-17(16)22-9-13-6-5-7-28-13/h5-7,12,26H,8-10H2,1-4H3,(H,23,27)(H,22,24,25). The van der Waals surface area contributed by atoms with E-state index in [1.165, 1.54) is 11.3 Å². The van der Waals surface area contributed by atoms with Gasteiger partial charge >= 0.3 is 6.09 Å². The minimum Gasteiger partial charge on any atom is -0.467 e. The van der Waals surface area contributed by atoms with Crippen molar-refractivity contribution in [2.24, 2.45) is 0 Å². The summed E-state index contributed by atoms with van der Waals surface area (Å²) in [5.74, 6) is 1.38. The number of aliphatic hydroxyl groups excluding tert-OH is 1. The van der Waals surface area contributed by atoms with Crippen molar-refractivity contribution < 1.29 is 19.1 Å². The molecule has 1 atom stereocenters. The molecule has 0 spiro atoms. The maximum Gasteiger partial charge on any atom is 0.407 e. The van der Waals surface area contributed by atoms with Crippen molar-refractivity contribution in [3.8, 4) is 0 Å². The minimum absolute atomic E-state index is 0.141. The van der Waals surface area contributed by atoms with E-state index in [0.29, 0.717) is 18.8 Å². The Labute approximate surface area is 183 Å². The van der Waals surface area contributed by atoms with Crippen molar-refractivity contribution >= 4 is 45.1 Å². The second-order valence-corrected chi connectivity index (χ2v) is 9.28. The molecule has 3 N–H and O–H groups in total. The molecule has 0 aliphatic rings. The van der Waals surface area contributed by atoms with Gasteiger partial charge < -0.3 is 24.9 Å². The number of thiophene rings is 1. The number of carbonyl (C=O) groups is 1. The van der Waals surface area contributed by atoms with Crippen molar-refractivity contribution in [3.63, 3.8) is 0 Å². The van der Waals surface area contributed by atoms with Gasteiger partial charge in [-0.25, -0.2) is 9.78 Å². The van der Waals surface area contributed by atoms with Crippen LogP contribution in [0.15, 0.2) is 22.8 Å². The number of fused-ring (bicyclic) bond motifs is 1. The maximum absolute atomic E-state index is 12.1. The molecule has 0 aliphatic heterocycles. The van der Waals surface area contributed by atoms with E-state index in [9.17, 15) is 9.90 Å². The molecule has 10 heteroatoms. The quantitative estimate of drug-likeness (QED) is 0.459. The normalized spacial score (nSPS) is 12.7. The topological polar surface area (TPSA) is 110 Å². The lowest BCUT2D eigenvalue weighted by Gasteiger charge is -2.22. The minimum atomic E-state index is -0.613. The number of rotatable bonds is 7. The second-order valence-electron chi connectivity index (χ2n) is 7.83. The first-order valence-corrected chi connectivity index (χ1v) is 10.7. The van der Waals surface area contributed by atoms with Crippen LogP contribution in [0.1, 0.15) is 37.0 Å². The zero-order valence-electron chi connectivity index (χ0n) is 17.3. The summed E-state index contributed by atoms with van der Waals surface area (Å²) in [7, 11) is 0. The van der Waals surface area contributed by atoms with Crippen LogP contribution in [-0.2, 0) is 17.7 Å². The van der Waals surface area contributed by atoms with E-state index >= 15 is 0 Å². The van der Waals surface area contributed by atoms with Crippen LogP contribution >= 0.6 is 22.9 Å². The molecule has 0 fully saturated rings. The molecular weight excluding hydrogens is 428 g/mol. The molecule has 30 heavy (non-hydrogen) atoms. The first kappa shape index (κ1) is 22.3. The smallest absolute Gasteiger partial charge is 0.407 e. The fourth-order valence-electron chi connectivity index (χ4n) is 2.86. The molecule has 162 valence electrons. The summed E-state index contributed by atoms with van der Waals surface area (Å²) in [6, 6.07) is 3.20. The number of furan rings is 1. The molecule has 0 saturated carbocycles. The Morgan fingerprint density at radius 3 is 2.80 bits per heavy atom. The summed E-state index contributed by atoms with van der Waals surface area (Å²) in [4.78, 5) is 21.7. The van der Waals surface area contributed by atoms with Crippen LogP contribution in [0.4, 0.5) is 10.6 Å². The lowest BCUT2D eigenvalue weighted by atomic mass is 10.1. The molecule has 0 aromatic carbocycles. The van der Waals surface area contributed by atoms with Crippen LogP contribution in [-0.4, -0.2) is 39.4 Å². The molecule has 1 amide bonds. The van der Waals surface area contributed by atoms with Crippen LogP contribution in [0, 0.1) is 6.92 Å². The number of nitrogens with one attached hydrogen (secondary N) is 2. The van der Waals surface area contributed by atoms with E-state index in [1.54, 1.807) is 27.0 Å². The first-order chi connectivity index (χ1) is 14.2. The number of hydrogen-bond donors (Lipinski definition) is 3. The Hall–Kier alpha value is -2.36. The van der Waals surface area contributed by atoms with Crippen LogP contribution in [0.5, 0.6) is 0 Å². The Balaban J connectivity index is 1.81. The number of carbonyl (C=O) groups excluding carboxylic acids is 1. The average molecular weight is 453 g/mol. The predicted molar refractivity (Wildman–Crippen MR) is 117 cm³/mol. The number of aliphatic hydroxyl groups is 1. The Bertz CT molecular complexity index is 1010. The van der Waals surface area contributed by atoms with E-state index in [1.807, 2.05) is 19.1 Å². The summed E-state index contributed by atoms with van der Waals surface area (Å²) in [6.07, 6.45) is 1.47. The number of anilines is 1. The van der Waals surface area contributed by atoms with Gasteiger partial charge in [-0.2, -0.15) is 4.98 Å². The third kappa shape index (κ3) is 5.62. The van der Waals surface area contributed by atoms with Gasteiger partial charge in [0.25, 0.3) is 0 Å². The molecule has 3 aromatic heterocycles. The summed E-state index contributed by atoms with van der Waals surface area (Å²) in [5.41, 5.74) is 1.06. The van der Waals surface area contributed by atoms with E-state index in [2.05, 4.69) is 20.6 Å². The molecule has 3 aromatic rings. The summed E-state index contributed by atoms with van der Waals surface area (Å²) < 4.78 is 11.5. The van der Waals surface area contributed by atoms with Gasteiger partial charge in [-0.1, -0.05) is 0 Å². The van der Waals surface area contributed by atoms with Crippen molar-refractivity contribution in [1.29, 1.82) is 0 Å². The lowest BCUT2D eigenvalue weighted by molar-refractivity contribution is 0.0483. The number of aromatic nitrogens is 2. The highest BCUT2D eigenvalue weighted by Gasteiger charge is 2.22. The summed E-state index contributed by atoms with van der Waals surface area (Å²) in [6.45, 7) is 7.54. The van der Waals surface area contributed by atoms with Crippen molar-refractivity contribution in [3.05, 3.63) is 39.9 Å². The Kier molecular flexibility index (Phi) is 6.84. The fourth-order valence-corrected chi connectivity index (χ4v) is 4.32. The van der Waals surface area contributed by atoms with Crippen molar-refractivity contribution in [2.75, 3.05) is 11.9 Å². The Morgan fingerprint density at radius 1 is 1.40 bits per heavy atom. The molecule has 1 unspecified atom stereocenters. The van der Waals surface area contributed by atoms with Gasteiger partial charge in [0, 0.05) is 11.3 Å². The van der Waals surface area contributed by atoms with E-state index in [4.69, 9.17) is 20.8 Å². The SMILES string of the molecule is Cc1c(CC(CO)NC(=O)OC(C)(C)C)sc2c(NCc3ccco3)nc(Cl)nc12. The van der Waals surface area contributed by atoms with Gasteiger partial charge in [0.15, 0.2) is 0 Å². The van der Waals surface area contributed by atoms with Crippen LogP contribution in [0.25, 0.3) is 10.2 Å². The molecular formula is C20H25ClN4O4S. The monoisotopic (exact) mass is 452 g/mol. The molecule has 0 saturated heterocycles. The average Bonchev–Trinajstić information content (AvgIpc) is 3.27. The number of halogens is 1. The number of alkyl carbamates (subject to hydrolysis) is 1. The number of hydrogen-bond acceptors (Lipinski definition) is 8. The molecule has 8 nitrogen and oxygen atoms in total. The van der Waals surface area contributed by atoms with Gasteiger partial charge in [0.2, 0.25) is 5.28 Å². The van der Waals surface area contributed by atoms with Gasteiger partial charge in [-0.3, -0.25) is 0 Å². The first-order valence-electron chi connectivity index (χ1n) is 9.48. The second kappa shape index (κ2) is 9.20. The number of nitrogens with zero attached hydrogens (tertiary/aromatic N) is 2. The highest BCUT2D eigenvalue weighted by atomic mass is 35.5. The third-order valence-electron chi connectivity index (χ3n) is 4.22. The van der Waals surface area contributed by atoms with E-state index in [-0.39, 0.29) is 11.9 Å². The zero-order valence-corrected chi connectivity index (χ0v) is 18.9.